The average molecular weight is 278 g/mol. The van der Waals surface area contributed by atoms with Crippen LogP contribution in [0.2, 0.25) is 0 Å². The first-order valence-electron chi connectivity index (χ1n) is 6.49. The van der Waals surface area contributed by atoms with Gasteiger partial charge in [0, 0.05) is 18.5 Å². The molecule has 0 saturated carbocycles. The van der Waals surface area contributed by atoms with E-state index in [1.807, 2.05) is 0 Å². The smallest absolute Gasteiger partial charge is 0.301 e. The molecule has 0 amide bonds. The number of ether oxygens (including phenoxy) is 1. The van der Waals surface area contributed by atoms with E-state index in [-0.39, 0.29) is 11.2 Å². The minimum absolute atomic E-state index is 0.120. The number of benzene rings is 1. The van der Waals surface area contributed by atoms with Crippen LogP contribution in [-0.4, -0.2) is 34.9 Å². The molecule has 20 heavy (non-hydrogen) atoms. The Balaban J connectivity index is 1.79. The fraction of sp³-hybridized carbons (Fsp3) is 0.500. The van der Waals surface area contributed by atoms with E-state index in [1.165, 1.54) is 6.07 Å². The Morgan fingerprint density at radius 1 is 1.45 bits per heavy atom. The number of rotatable bonds is 4. The highest BCUT2D eigenvalue weighted by molar-refractivity contribution is 5.88. The summed E-state index contributed by atoms with van der Waals surface area (Å²) < 4.78 is 10.3. The largest absolute Gasteiger partial charge is 0.491 e. The summed E-state index contributed by atoms with van der Waals surface area (Å²) in [5, 5.41) is 21.5. The van der Waals surface area contributed by atoms with Crippen LogP contribution in [0.15, 0.2) is 16.8 Å². The molecule has 1 fully saturated rings. The van der Waals surface area contributed by atoms with Crippen molar-refractivity contribution in [2.45, 2.75) is 12.8 Å². The number of fused-ring (bicyclic) bond motifs is 1. The Morgan fingerprint density at radius 3 is 3.05 bits per heavy atom. The van der Waals surface area contributed by atoms with Crippen LogP contribution in [0.4, 0.5) is 5.69 Å². The zero-order valence-corrected chi connectivity index (χ0v) is 10.7. The molecule has 1 atom stereocenters. The highest BCUT2D eigenvalue weighted by atomic mass is 16.6. The Kier molecular flexibility index (Phi) is 3.46. The first kappa shape index (κ1) is 12.8. The van der Waals surface area contributed by atoms with E-state index >= 15 is 0 Å². The van der Waals surface area contributed by atoms with Gasteiger partial charge in [-0.3, -0.25) is 10.1 Å². The molecule has 1 N–H and O–H groups in total. The highest BCUT2D eigenvalue weighted by Crippen LogP contribution is 2.30. The van der Waals surface area contributed by atoms with Gasteiger partial charge in [-0.25, -0.2) is 4.63 Å². The molecule has 1 aromatic heterocycles. The average Bonchev–Trinajstić information content (AvgIpc) is 2.95. The minimum atomic E-state index is -0.513. The van der Waals surface area contributed by atoms with Gasteiger partial charge in [-0.15, -0.1) is 0 Å². The summed E-state index contributed by atoms with van der Waals surface area (Å²) in [6, 6.07) is 2.90. The van der Waals surface area contributed by atoms with Crippen molar-refractivity contribution in [2.75, 3.05) is 19.7 Å². The molecule has 3 rings (SSSR count). The molecule has 8 heteroatoms. The summed E-state index contributed by atoms with van der Waals surface area (Å²) in [6.07, 6.45) is 2.25. The second kappa shape index (κ2) is 5.41. The van der Waals surface area contributed by atoms with Crippen molar-refractivity contribution in [3.8, 4) is 5.75 Å². The fourth-order valence-electron chi connectivity index (χ4n) is 2.37. The molecule has 0 bridgehead atoms. The number of hydrogen-bond donors (Lipinski definition) is 1. The van der Waals surface area contributed by atoms with Crippen molar-refractivity contribution >= 4 is 16.7 Å². The van der Waals surface area contributed by atoms with Gasteiger partial charge in [0.2, 0.25) is 5.52 Å². The molecule has 1 saturated heterocycles. The van der Waals surface area contributed by atoms with E-state index in [4.69, 9.17) is 4.74 Å². The predicted molar refractivity (Wildman–Crippen MR) is 69.5 cm³/mol. The summed E-state index contributed by atoms with van der Waals surface area (Å²) in [7, 11) is 0. The van der Waals surface area contributed by atoms with Crippen LogP contribution in [0.1, 0.15) is 12.8 Å². The zero-order valence-electron chi connectivity index (χ0n) is 10.7. The number of hydrogen-bond acceptors (Lipinski definition) is 7. The summed E-state index contributed by atoms with van der Waals surface area (Å²) in [5.41, 5.74) is 0.283. The van der Waals surface area contributed by atoms with Crippen LogP contribution in [0.3, 0.4) is 0 Å². The van der Waals surface area contributed by atoms with Gasteiger partial charge in [-0.2, -0.15) is 0 Å². The maximum Gasteiger partial charge on any atom is 0.301 e. The van der Waals surface area contributed by atoms with Crippen LogP contribution >= 0.6 is 0 Å². The van der Waals surface area contributed by atoms with Gasteiger partial charge >= 0.3 is 5.69 Å². The number of nitro groups is 1. The van der Waals surface area contributed by atoms with E-state index < -0.39 is 4.92 Å². The highest BCUT2D eigenvalue weighted by Gasteiger charge is 2.21. The standard InChI is InChI=1S/C12H14N4O4/c17-16(18)9-3-4-10(12-11(9)14-20-15-12)19-7-8-2-1-5-13-6-8/h3-4,8,13H,1-2,5-7H2. The third-order valence-electron chi connectivity index (χ3n) is 3.43. The molecule has 8 nitrogen and oxygen atoms in total. The van der Waals surface area contributed by atoms with Crippen molar-refractivity contribution in [1.29, 1.82) is 0 Å². The molecule has 1 aliphatic heterocycles. The normalized spacial score (nSPS) is 19.1. The second-order valence-corrected chi connectivity index (χ2v) is 4.82. The van der Waals surface area contributed by atoms with Gasteiger partial charge in [0.15, 0.2) is 11.3 Å². The van der Waals surface area contributed by atoms with E-state index in [9.17, 15) is 10.1 Å². The predicted octanol–water partition coefficient (Wildman–Crippen LogP) is 1.51. The van der Waals surface area contributed by atoms with E-state index in [2.05, 4.69) is 20.3 Å². The topological polar surface area (TPSA) is 103 Å². The first-order chi connectivity index (χ1) is 9.75. The van der Waals surface area contributed by atoms with Crippen molar-refractivity contribution < 1.29 is 14.3 Å². The van der Waals surface area contributed by atoms with Gasteiger partial charge < -0.3 is 10.1 Å². The molecule has 1 unspecified atom stereocenters. The lowest BCUT2D eigenvalue weighted by Crippen LogP contribution is -2.33. The van der Waals surface area contributed by atoms with E-state index in [1.54, 1.807) is 6.07 Å². The van der Waals surface area contributed by atoms with E-state index in [0.29, 0.717) is 23.8 Å². The van der Waals surface area contributed by atoms with Crippen molar-refractivity contribution in [3.05, 3.63) is 22.2 Å². The van der Waals surface area contributed by atoms with Crippen molar-refractivity contribution in [1.82, 2.24) is 15.6 Å². The number of aromatic nitrogens is 2. The van der Waals surface area contributed by atoms with Crippen molar-refractivity contribution in [3.63, 3.8) is 0 Å². The molecule has 106 valence electrons. The lowest BCUT2D eigenvalue weighted by Gasteiger charge is -2.22. The minimum Gasteiger partial charge on any atom is -0.491 e. The molecular formula is C12H14N4O4. The molecule has 2 heterocycles. The number of piperidine rings is 1. The van der Waals surface area contributed by atoms with Gasteiger partial charge in [0.1, 0.15) is 0 Å². The van der Waals surface area contributed by atoms with E-state index in [0.717, 1.165) is 25.9 Å². The maximum absolute atomic E-state index is 10.9. The van der Waals surface area contributed by atoms with Gasteiger partial charge in [-0.1, -0.05) is 0 Å². The lowest BCUT2D eigenvalue weighted by molar-refractivity contribution is -0.383. The van der Waals surface area contributed by atoms with Gasteiger partial charge in [-0.05, 0) is 35.8 Å². The number of non-ortho nitro benzene ring substituents is 1. The van der Waals surface area contributed by atoms with Crippen molar-refractivity contribution in [2.24, 2.45) is 5.92 Å². The summed E-state index contributed by atoms with van der Waals surface area (Å²) in [4.78, 5) is 10.4. The van der Waals surface area contributed by atoms with Crippen LogP contribution in [0, 0.1) is 16.0 Å². The quantitative estimate of drug-likeness (QED) is 0.667. The monoisotopic (exact) mass is 278 g/mol. The summed E-state index contributed by atoms with van der Waals surface area (Å²) >= 11 is 0. The van der Waals surface area contributed by atoms with Gasteiger partial charge in [0.05, 0.1) is 11.5 Å². The lowest BCUT2D eigenvalue weighted by atomic mass is 10.0. The SMILES string of the molecule is O=[N+]([O-])c1ccc(OCC2CCCNC2)c2nonc12. The number of nitrogens with zero attached hydrogens (tertiary/aromatic N) is 3. The van der Waals surface area contributed by atoms with Crippen LogP contribution < -0.4 is 10.1 Å². The Morgan fingerprint density at radius 2 is 2.30 bits per heavy atom. The summed E-state index contributed by atoms with van der Waals surface area (Å²) in [5.74, 6) is 0.909. The second-order valence-electron chi connectivity index (χ2n) is 4.82. The molecule has 0 aliphatic carbocycles. The zero-order chi connectivity index (χ0) is 13.9. The number of nitro benzene ring substituents is 1. The Hall–Kier alpha value is -2.22. The maximum atomic E-state index is 10.9. The van der Waals surface area contributed by atoms with Crippen LogP contribution in [-0.2, 0) is 0 Å². The molecule has 0 spiro atoms. The van der Waals surface area contributed by atoms with Gasteiger partial charge in [0.25, 0.3) is 0 Å². The fourth-order valence-corrected chi connectivity index (χ4v) is 2.37. The molecular weight excluding hydrogens is 264 g/mol. The first-order valence-corrected chi connectivity index (χ1v) is 6.49. The molecule has 1 aromatic carbocycles. The molecule has 1 aliphatic rings. The Labute approximate surface area is 114 Å². The molecule has 0 radical (unpaired) electrons. The number of nitrogens with one attached hydrogen (secondary N) is 1. The molecule has 2 aromatic rings. The van der Waals surface area contributed by atoms with Crippen LogP contribution in [0.25, 0.3) is 11.0 Å². The Bertz CT molecular complexity index is 621. The third kappa shape index (κ3) is 2.42. The van der Waals surface area contributed by atoms with Crippen LogP contribution in [0.5, 0.6) is 5.75 Å². The third-order valence-corrected chi connectivity index (χ3v) is 3.43. The summed E-state index contributed by atoms with van der Waals surface area (Å²) in [6.45, 7) is 2.52.